The van der Waals surface area contributed by atoms with E-state index in [9.17, 15) is 4.79 Å². The molecule has 0 aliphatic heterocycles. The highest BCUT2D eigenvalue weighted by atomic mass is 16.5. The smallest absolute Gasteiger partial charge is 0.376 e. The van der Waals surface area contributed by atoms with E-state index in [0.717, 1.165) is 19.3 Å². The molecule has 0 N–H and O–H groups in total. The quantitative estimate of drug-likeness (QED) is 0.753. The van der Waals surface area contributed by atoms with E-state index in [-0.39, 0.29) is 11.4 Å². The van der Waals surface area contributed by atoms with E-state index >= 15 is 0 Å². The maximum absolute atomic E-state index is 11.6. The highest BCUT2D eigenvalue weighted by Crippen LogP contribution is 2.38. The van der Waals surface area contributed by atoms with Crippen LogP contribution in [0.2, 0.25) is 0 Å². The van der Waals surface area contributed by atoms with Gasteiger partial charge in [-0.15, -0.1) is 0 Å². The average Bonchev–Trinajstić information content (AvgIpc) is 2.65. The molecule has 1 saturated carbocycles. The summed E-state index contributed by atoms with van der Waals surface area (Å²) in [6, 6.07) is 0. The van der Waals surface area contributed by atoms with Crippen LogP contribution in [0.5, 0.6) is 0 Å². The molecule has 0 saturated heterocycles. The molecule has 0 aromatic carbocycles. The Morgan fingerprint density at radius 3 is 2.72 bits per heavy atom. The molecule has 0 spiro atoms. The molecule has 1 heterocycles. The first-order valence-electron chi connectivity index (χ1n) is 6.29. The molecule has 18 heavy (non-hydrogen) atoms. The predicted octanol–water partition coefficient (Wildman–Crippen LogP) is 2.27. The minimum absolute atomic E-state index is 0.150. The van der Waals surface area contributed by atoms with Crippen LogP contribution in [0.1, 0.15) is 48.3 Å². The molecule has 1 fully saturated rings. The second-order valence-electron chi connectivity index (χ2n) is 4.66. The molecule has 1 aliphatic rings. The number of aromatic nitrogens is 1. The summed E-state index contributed by atoms with van der Waals surface area (Å²) >= 11 is 0. The summed E-state index contributed by atoms with van der Waals surface area (Å²) in [7, 11) is 1.71. The standard InChI is InChI=1S/C13H19NO4/c1-4-17-12(15)11-9(2)14-10(18-11)8-13(16-3)6-5-7-13/h4-8H2,1-3H3. The number of oxazole rings is 1. The summed E-state index contributed by atoms with van der Waals surface area (Å²) in [5.74, 6) is 0.309. The van der Waals surface area contributed by atoms with Crippen molar-refractivity contribution in [3.8, 4) is 0 Å². The first-order valence-corrected chi connectivity index (χ1v) is 6.29. The number of ether oxygens (including phenoxy) is 2. The lowest BCUT2D eigenvalue weighted by Crippen LogP contribution is -2.41. The maximum atomic E-state index is 11.6. The lowest BCUT2D eigenvalue weighted by Gasteiger charge is -2.39. The zero-order valence-corrected chi connectivity index (χ0v) is 11.1. The van der Waals surface area contributed by atoms with Crippen LogP contribution in [0, 0.1) is 6.92 Å². The van der Waals surface area contributed by atoms with Gasteiger partial charge in [-0.2, -0.15) is 0 Å². The molecule has 1 aromatic heterocycles. The summed E-state index contributed by atoms with van der Waals surface area (Å²) in [6.07, 6.45) is 3.81. The van der Waals surface area contributed by atoms with E-state index in [0.29, 0.717) is 24.6 Å². The van der Waals surface area contributed by atoms with E-state index in [1.807, 2.05) is 0 Å². The Hall–Kier alpha value is -1.36. The van der Waals surface area contributed by atoms with Crippen molar-refractivity contribution < 1.29 is 18.7 Å². The minimum atomic E-state index is -0.450. The summed E-state index contributed by atoms with van der Waals surface area (Å²) < 4.78 is 15.9. The van der Waals surface area contributed by atoms with Crippen molar-refractivity contribution in [2.75, 3.05) is 13.7 Å². The number of methoxy groups -OCH3 is 1. The van der Waals surface area contributed by atoms with Crippen LogP contribution in [0.4, 0.5) is 0 Å². The van der Waals surface area contributed by atoms with E-state index in [1.54, 1.807) is 21.0 Å². The third-order valence-electron chi connectivity index (χ3n) is 3.47. The van der Waals surface area contributed by atoms with Gasteiger partial charge in [0.25, 0.3) is 0 Å². The molecule has 100 valence electrons. The Labute approximate surface area is 106 Å². The molecule has 2 rings (SSSR count). The van der Waals surface area contributed by atoms with Crippen molar-refractivity contribution in [3.05, 3.63) is 17.3 Å². The molecule has 0 radical (unpaired) electrons. The van der Waals surface area contributed by atoms with E-state index in [2.05, 4.69) is 4.98 Å². The lowest BCUT2D eigenvalue weighted by atomic mass is 9.77. The van der Waals surface area contributed by atoms with Crippen LogP contribution in [0.25, 0.3) is 0 Å². The van der Waals surface area contributed by atoms with Crippen molar-refractivity contribution in [1.82, 2.24) is 4.98 Å². The topological polar surface area (TPSA) is 61.6 Å². The Bertz CT molecular complexity index is 429. The van der Waals surface area contributed by atoms with Crippen LogP contribution < -0.4 is 0 Å². The molecule has 1 aromatic rings. The van der Waals surface area contributed by atoms with Crippen LogP contribution >= 0.6 is 0 Å². The summed E-state index contributed by atoms with van der Waals surface area (Å²) in [5, 5.41) is 0. The van der Waals surface area contributed by atoms with Crippen LogP contribution in [-0.2, 0) is 15.9 Å². The van der Waals surface area contributed by atoms with E-state index < -0.39 is 5.97 Å². The third kappa shape index (κ3) is 2.41. The van der Waals surface area contributed by atoms with Crippen molar-refractivity contribution in [2.45, 2.75) is 45.1 Å². The molecule has 0 atom stereocenters. The second-order valence-corrected chi connectivity index (χ2v) is 4.66. The number of aryl methyl sites for hydroxylation is 1. The van der Waals surface area contributed by atoms with Gasteiger partial charge in [0.1, 0.15) is 0 Å². The molecule has 0 amide bonds. The monoisotopic (exact) mass is 253 g/mol. The first-order chi connectivity index (χ1) is 8.60. The van der Waals surface area contributed by atoms with E-state index in [4.69, 9.17) is 13.9 Å². The van der Waals surface area contributed by atoms with E-state index in [1.165, 1.54) is 0 Å². The Morgan fingerprint density at radius 2 is 2.22 bits per heavy atom. The molecular formula is C13H19NO4. The van der Waals surface area contributed by atoms with Crippen molar-refractivity contribution in [3.63, 3.8) is 0 Å². The Balaban J connectivity index is 2.11. The zero-order chi connectivity index (χ0) is 13.2. The minimum Gasteiger partial charge on any atom is -0.460 e. The largest absolute Gasteiger partial charge is 0.460 e. The van der Waals surface area contributed by atoms with Gasteiger partial charge in [0, 0.05) is 7.11 Å². The van der Waals surface area contributed by atoms with Gasteiger partial charge in [-0.3, -0.25) is 0 Å². The van der Waals surface area contributed by atoms with Gasteiger partial charge < -0.3 is 13.9 Å². The summed E-state index contributed by atoms with van der Waals surface area (Å²) in [5.41, 5.74) is 0.428. The lowest BCUT2D eigenvalue weighted by molar-refractivity contribution is -0.0747. The molecule has 1 aliphatic carbocycles. The van der Waals surface area contributed by atoms with Gasteiger partial charge in [0.2, 0.25) is 5.76 Å². The van der Waals surface area contributed by atoms with Gasteiger partial charge >= 0.3 is 5.97 Å². The molecular weight excluding hydrogens is 234 g/mol. The molecule has 0 bridgehead atoms. The van der Waals surface area contributed by atoms with Crippen LogP contribution in [0.15, 0.2) is 4.42 Å². The van der Waals surface area contributed by atoms with Crippen LogP contribution in [0.3, 0.4) is 0 Å². The van der Waals surface area contributed by atoms with Crippen molar-refractivity contribution >= 4 is 5.97 Å². The fraction of sp³-hybridized carbons (Fsp3) is 0.692. The molecule has 5 nitrogen and oxygen atoms in total. The van der Waals surface area contributed by atoms with Crippen molar-refractivity contribution in [2.24, 2.45) is 0 Å². The molecule has 0 unspecified atom stereocenters. The van der Waals surface area contributed by atoms with Gasteiger partial charge in [0.05, 0.1) is 24.3 Å². The predicted molar refractivity (Wildman–Crippen MR) is 64.5 cm³/mol. The Kier molecular flexibility index (Phi) is 3.71. The number of hydrogen-bond acceptors (Lipinski definition) is 5. The van der Waals surface area contributed by atoms with Crippen LogP contribution in [-0.4, -0.2) is 30.3 Å². The van der Waals surface area contributed by atoms with Gasteiger partial charge in [-0.05, 0) is 33.1 Å². The number of hydrogen-bond donors (Lipinski definition) is 0. The maximum Gasteiger partial charge on any atom is 0.376 e. The summed E-state index contributed by atoms with van der Waals surface area (Å²) in [4.78, 5) is 15.9. The van der Waals surface area contributed by atoms with Gasteiger partial charge in [-0.1, -0.05) is 0 Å². The zero-order valence-electron chi connectivity index (χ0n) is 11.1. The number of carbonyl (C=O) groups excluding carboxylic acids is 1. The summed E-state index contributed by atoms with van der Waals surface area (Å²) in [6.45, 7) is 3.84. The number of nitrogens with zero attached hydrogens (tertiary/aromatic N) is 1. The Morgan fingerprint density at radius 1 is 1.50 bits per heavy atom. The molecule has 5 heteroatoms. The average molecular weight is 253 g/mol. The number of rotatable bonds is 5. The SMILES string of the molecule is CCOC(=O)c1oc(CC2(OC)CCC2)nc1C. The fourth-order valence-electron chi connectivity index (χ4n) is 2.21. The second kappa shape index (κ2) is 5.10. The van der Waals surface area contributed by atoms with Gasteiger partial charge in [-0.25, -0.2) is 9.78 Å². The van der Waals surface area contributed by atoms with Crippen molar-refractivity contribution in [1.29, 1.82) is 0 Å². The first kappa shape index (κ1) is 13.1. The number of esters is 1. The van der Waals surface area contributed by atoms with Gasteiger partial charge in [0.15, 0.2) is 5.89 Å². The third-order valence-corrected chi connectivity index (χ3v) is 3.47. The number of carbonyl (C=O) groups is 1. The highest BCUT2D eigenvalue weighted by Gasteiger charge is 2.39. The highest BCUT2D eigenvalue weighted by molar-refractivity contribution is 5.87. The normalized spacial score (nSPS) is 17.3. The fourth-order valence-corrected chi connectivity index (χ4v) is 2.21.